The molecule has 0 radical (unpaired) electrons. The van der Waals surface area contributed by atoms with Crippen molar-refractivity contribution in [3.63, 3.8) is 0 Å². The van der Waals surface area contributed by atoms with Crippen molar-refractivity contribution in [2.24, 2.45) is 11.8 Å². The van der Waals surface area contributed by atoms with Gasteiger partial charge in [-0.2, -0.15) is 0 Å². The van der Waals surface area contributed by atoms with E-state index in [9.17, 15) is 39.9 Å². The number of carbonyl (C=O) groups is 3. The van der Waals surface area contributed by atoms with Crippen LogP contribution in [-0.4, -0.2) is 101 Å². The molecule has 3 rings (SSSR count). The molecule has 12 heteroatoms. The van der Waals surface area contributed by atoms with E-state index in [4.69, 9.17) is 18.9 Å². The summed E-state index contributed by atoms with van der Waals surface area (Å²) < 4.78 is 21.6. The maximum Gasteiger partial charge on any atom is 0.333 e. The second kappa shape index (κ2) is 13.8. The number of ether oxygens (including phenoxy) is 4. The van der Waals surface area contributed by atoms with Crippen LogP contribution in [-0.2, 0) is 39.8 Å². The molecule has 1 aliphatic heterocycles. The van der Waals surface area contributed by atoms with Crippen molar-refractivity contribution in [1.29, 1.82) is 0 Å². The SMILES string of the molecule is COC(=O)C1=CC[C@@H](O[C@@H]2O[C@H](CO)[C@@H](O)[C@H](O)[C@H]2O)C(CC=O)[C@@H]1CC(=O)OCCc1ccc(O)cc1. The zero-order valence-electron chi connectivity index (χ0n) is 20.9. The zero-order valence-corrected chi connectivity index (χ0v) is 20.9. The minimum atomic E-state index is -1.65. The van der Waals surface area contributed by atoms with Crippen LogP contribution >= 0.6 is 0 Å². The predicted octanol–water partition coefficient (Wildman–Crippen LogP) is -0.622. The van der Waals surface area contributed by atoms with Crippen molar-refractivity contribution < 1.29 is 58.9 Å². The number of aliphatic hydroxyl groups is 4. The molecule has 1 fully saturated rings. The van der Waals surface area contributed by atoms with Crippen molar-refractivity contribution in [3.8, 4) is 5.75 Å². The van der Waals surface area contributed by atoms with Crippen LogP contribution in [0, 0.1) is 11.8 Å². The lowest BCUT2D eigenvalue weighted by molar-refractivity contribution is -0.315. The molecule has 0 spiro atoms. The van der Waals surface area contributed by atoms with Gasteiger partial charge >= 0.3 is 11.9 Å². The molecule has 0 saturated carbocycles. The van der Waals surface area contributed by atoms with Crippen molar-refractivity contribution in [3.05, 3.63) is 41.5 Å². The summed E-state index contributed by atoms with van der Waals surface area (Å²) in [6.07, 6.45) is -6.06. The van der Waals surface area contributed by atoms with Gasteiger partial charge in [-0.1, -0.05) is 18.2 Å². The lowest BCUT2D eigenvalue weighted by Gasteiger charge is -2.43. The Balaban J connectivity index is 1.73. The molecular weight excluding hydrogens is 504 g/mol. The van der Waals surface area contributed by atoms with Crippen LogP contribution in [0.1, 0.15) is 24.8 Å². The molecule has 1 aromatic carbocycles. The first-order valence-electron chi connectivity index (χ1n) is 12.3. The van der Waals surface area contributed by atoms with Crippen molar-refractivity contribution in [2.45, 2.75) is 62.5 Å². The Morgan fingerprint density at radius 1 is 1.11 bits per heavy atom. The molecule has 38 heavy (non-hydrogen) atoms. The summed E-state index contributed by atoms with van der Waals surface area (Å²) in [6.45, 7) is -0.588. The molecule has 1 aliphatic carbocycles. The molecule has 1 heterocycles. The molecule has 0 aromatic heterocycles. The maximum atomic E-state index is 12.7. The van der Waals surface area contributed by atoms with Gasteiger partial charge in [-0.25, -0.2) is 4.79 Å². The molecule has 1 unspecified atom stereocenters. The summed E-state index contributed by atoms with van der Waals surface area (Å²) in [4.78, 5) is 36.8. The zero-order chi connectivity index (χ0) is 27.8. The molecule has 1 aromatic rings. The molecule has 0 amide bonds. The summed E-state index contributed by atoms with van der Waals surface area (Å²) in [5, 5.41) is 49.3. The lowest BCUT2D eigenvalue weighted by atomic mass is 9.73. The average Bonchev–Trinajstić information content (AvgIpc) is 2.91. The number of carbonyl (C=O) groups excluding carboxylic acids is 3. The molecule has 8 atom stereocenters. The standard InChI is InChI=1S/C26H34O12/c1-35-25(34)17-6-7-19(37-26-24(33)23(32)22(31)20(13-28)38-26)16(8-10-27)18(17)12-21(30)36-11-9-14-2-4-15(29)5-3-14/h2-6,10,16,18-20,22-24,26,28-29,31-33H,7-9,11-13H2,1H3/t16?,18-,19+,20+,22+,23-,24+,26+/m0/s1. The van der Waals surface area contributed by atoms with Crippen LogP contribution < -0.4 is 0 Å². The smallest absolute Gasteiger partial charge is 0.333 e. The summed E-state index contributed by atoms with van der Waals surface area (Å²) >= 11 is 0. The fourth-order valence-electron chi connectivity index (χ4n) is 4.79. The summed E-state index contributed by atoms with van der Waals surface area (Å²) in [5.74, 6) is -2.71. The van der Waals surface area contributed by atoms with Gasteiger partial charge in [0.2, 0.25) is 0 Å². The highest BCUT2D eigenvalue weighted by atomic mass is 16.7. The van der Waals surface area contributed by atoms with E-state index >= 15 is 0 Å². The molecule has 0 bridgehead atoms. The predicted molar refractivity (Wildman–Crippen MR) is 128 cm³/mol. The van der Waals surface area contributed by atoms with Gasteiger partial charge in [-0.3, -0.25) is 4.79 Å². The number of aromatic hydroxyl groups is 1. The number of hydrogen-bond acceptors (Lipinski definition) is 12. The molecular formula is C26H34O12. The Bertz CT molecular complexity index is 975. The van der Waals surface area contributed by atoms with E-state index in [1.807, 2.05) is 0 Å². The topological polar surface area (TPSA) is 189 Å². The second-order valence-electron chi connectivity index (χ2n) is 9.27. The van der Waals surface area contributed by atoms with E-state index in [2.05, 4.69) is 0 Å². The average molecular weight is 539 g/mol. The van der Waals surface area contributed by atoms with E-state index in [-0.39, 0.29) is 37.2 Å². The number of rotatable bonds is 11. The fraction of sp³-hybridized carbons (Fsp3) is 0.577. The third kappa shape index (κ3) is 7.16. The minimum absolute atomic E-state index is 0.0523. The Labute approximate surface area is 219 Å². The highest BCUT2D eigenvalue weighted by molar-refractivity contribution is 5.90. The van der Waals surface area contributed by atoms with Gasteiger partial charge in [0.25, 0.3) is 0 Å². The van der Waals surface area contributed by atoms with E-state index in [1.54, 1.807) is 12.1 Å². The van der Waals surface area contributed by atoms with Gasteiger partial charge in [0.05, 0.1) is 32.8 Å². The molecule has 2 aliphatic rings. The largest absolute Gasteiger partial charge is 0.508 e. The second-order valence-corrected chi connectivity index (χ2v) is 9.27. The first-order chi connectivity index (χ1) is 18.2. The number of phenolic OH excluding ortho intramolecular Hbond substituents is 1. The minimum Gasteiger partial charge on any atom is -0.508 e. The monoisotopic (exact) mass is 538 g/mol. The number of esters is 2. The first-order valence-corrected chi connectivity index (χ1v) is 12.3. The molecule has 1 saturated heterocycles. The number of aliphatic hydroxyl groups excluding tert-OH is 4. The highest BCUT2D eigenvalue weighted by Gasteiger charge is 2.47. The number of aldehydes is 1. The van der Waals surface area contributed by atoms with Gasteiger partial charge < -0.3 is 49.3 Å². The maximum absolute atomic E-state index is 12.7. The van der Waals surface area contributed by atoms with Crippen LogP contribution in [0.15, 0.2) is 35.9 Å². The van der Waals surface area contributed by atoms with Crippen LogP contribution in [0.2, 0.25) is 0 Å². The van der Waals surface area contributed by atoms with Gasteiger partial charge in [0.15, 0.2) is 6.29 Å². The highest BCUT2D eigenvalue weighted by Crippen LogP contribution is 2.39. The van der Waals surface area contributed by atoms with Crippen molar-refractivity contribution in [2.75, 3.05) is 20.3 Å². The van der Waals surface area contributed by atoms with Gasteiger partial charge in [-0.15, -0.1) is 0 Å². The third-order valence-corrected chi connectivity index (χ3v) is 6.89. The number of benzene rings is 1. The van der Waals surface area contributed by atoms with Gasteiger partial charge in [-0.05, 0) is 30.0 Å². The summed E-state index contributed by atoms with van der Waals surface area (Å²) in [6, 6.07) is 6.44. The van der Waals surface area contributed by atoms with Crippen molar-refractivity contribution in [1.82, 2.24) is 0 Å². The number of phenols is 1. The summed E-state index contributed by atoms with van der Waals surface area (Å²) in [7, 11) is 1.20. The lowest BCUT2D eigenvalue weighted by Crippen LogP contribution is -2.60. The van der Waals surface area contributed by atoms with E-state index in [0.29, 0.717) is 12.7 Å². The van der Waals surface area contributed by atoms with E-state index in [0.717, 1.165) is 5.56 Å². The molecule has 12 nitrogen and oxygen atoms in total. The Morgan fingerprint density at radius 2 is 1.82 bits per heavy atom. The van der Waals surface area contributed by atoms with Crippen LogP contribution in [0.3, 0.4) is 0 Å². The van der Waals surface area contributed by atoms with E-state index in [1.165, 1.54) is 25.3 Å². The van der Waals surface area contributed by atoms with Gasteiger partial charge in [0.1, 0.15) is 36.5 Å². The van der Waals surface area contributed by atoms with Crippen LogP contribution in [0.5, 0.6) is 5.75 Å². The quantitative estimate of drug-likeness (QED) is 0.178. The van der Waals surface area contributed by atoms with Crippen LogP contribution in [0.25, 0.3) is 0 Å². The summed E-state index contributed by atoms with van der Waals surface area (Å²) in [5.41, 5.74) is 1.03. The Kier molecular flexibility index (Phi) is 10.8. The first kappa shape index (κ1) is 29.7. The third-order valence-electron chi connectivity index (χ3n) is 6.89. The number of hydrogen-bond donors (Lipinski definition) is 5. The van der Waals surface area contributed by atoms with Gasteiger partial charge in [0, 0.05) is 24.3 Å². The Hall–Kier alpha value is -2.87. The van der Waals surface area contributed by atoms with Crippen molar-refractivity contribution >= 4 is 18.2 Å². The Morgan fingerprint density at radius 3 is 2.45 bits per heavy atom. The molecule has 5 N–H and O–H groups in total. The molecule has 210 valence electrons. The van der Waals surface area contributed by atoms with E-state index < -0.39 is 67.2 Å². The van der Waals surface area contributed by atoms with Crippen LogP contribution in [0.4, 0.5) is 0 Å². The number of methoxy groups -OCH3 is 1. The fourth-order valence-corrected chi connectivity index (χ4v) is 4.79. The normalized spacial score (nSPS) is 31.2.